The maximum Gasteiger partial charge on any atom is 0.116 e. The molecule has 1 nitrogen and oxygen atoms in total. The molecule has 16 heavy (non-hydrogen) atoms. The van der Waals surface area contributed by atoms with Crippen LogP contribution in [0.1, 0.15) is 12.0 Å². The van der Waals surface area contributed by atoms with Crippen molar-refractivity contribution in [2.75, 3.05) is 5.88 Å². The van der Waals surface area contributed by atoms with E-state index in [-0.39, 0.29) is 5.75 Å². The van der Waals surface area contributed by atoms with Crippen LogP contribution in [0.25, 0.3) is 10.8 Å². The molecule has 0 aliphatic carbocycles. The Morgan fingerprint density at radius 2 is 1.81 bits per heavy atom. The van der Waals surface area contributed by atoms with Gasteiger partial charge in [-0.25, -0.2) is 0 Å². The molecule has 0 heterocycles. The zero-order valence-corrected chi connectivity index (χ0v) is 9.46. The first-order valence-electron chi connectivity index (χ1n) is 5.07. The van der Waals surface area contributed by atoms with Gasteiger partial charge in [0.15, 0.2) is 0 Å². The van der Waals surface area contributed by atoms with Crippen LogP contribution in [0.15, 0.2) is 36.4 Å². The number of phenols is 1. The Kier molecular flexibility index (Phi) is 3.34. The van der Waals surface area contributed by atoms with E-state index in [0.29, 0.717) is 12.3 Å². The van der Waals surface area contributed by atoms with Crippen molar-refractivity contribution in [2.45, 2.75) is 6.42 Å². The number of halogens is 1. The van der Waals surface area contributed by atoms with Gasteiger partial charge in [0.1, 0.15) is 5.75 Å². The summed E-state index contributed by atoms with van der Waals surface area (Å²) in [7, 11) is 0. The van der Waals surface area contributed by atoms with Crippen molar-refractivity contribution >= 4 is 22.4 Å². The Balaban J connectivity index is 2.38. The van der Waals surface area contributed by atoms with Crippen LogP contribution < -0.4 is 0 Å². The molecule has 0 radical (unpaired) electrons. The fourth-order valence-electron chi connectivity index (χ4n) is 1.52. The summed E-state index contributed by atoms with van der Waals surface area (Å²) in [5.74, 6) is 6.90. The second-order valence-corrected chi connectivity index (χ2v) is 3.86. The highest BCUT2D eigenvalue weighted by atomic mass is 35.5. The van der Waals surface area contributed by atoms with E-state index in [1.807, 2.05) is 24.3 Å². The first-order valence-corrected chi connectivity index (χ1v) is 5.61. The number of phenolic OH excluding ortho intramolecular Hbond substituents is 1. The lowest BCUT2D eigenvalue weighted by Crippen LogP contribution is -1.77. The summed E-state index contributed by atoms with van der Waals surface area (Å²) in [4.78, 5) is 0. The molecule has 80 valence electrons. The van der Waals surface area contributed by atoms with Gasteiger partial charge in [-0.2, -0.15) is 0 Å². The first kappa shape index (κ1) is 10.9. The van der Waals surface area contributed by atoms with Crippen molar-refractivity contribution < 1.29 is 5.11 Å². The molecule has 0 unspecified atom stereocenters. The Bertz CT molecular complexity index is 564. The summed E-state index contributed by atoms with van der Waals surface area (Å²) in [5, 5.41) is 11.4. The Morgan fingerprint density at radius 3 is 2.62 bits per heavy atom. The summed E-state index contributed by atoms with van der Waals surface area (Å²) >= 11 is 5.55. The van der Waals surface area contributed by atoms with Gasteiger partial charge in [-0.1, -0.05) is 24.0 Å². The van der Waals surface area contributed by atoms with E-state index in [4.69, 9.17) is 11.6 Å². The molecule has 0 spiro atoms. The van der Waals surface area contributed by atoms with Gasteiger partial charge in [0.05, 0.1) is 0 Å². The van der Waals surface area contributed by atoms with Crippen LogP contribution in [0.2, 0.25) is 0 Å². The molecule has 2 heteroatoms. The van der Waals surface area contributed by atoms with Crippen molar-refractivity contribution in [2.24, 2.45) is 0 Å². The molecule has 0 atom stereocenters. The summed E-state index contributed by atoms with van der Waals surface area (Å²) in [6.45, 7) is 0. The fourth-order valence-corrected chi connectivity index (χ4v) is 1.62. The van der Waals surface area contributed by atoms with Crippen molar-refractivity contribution in [3.05, 3.63) is 42.0 Å². The van der Waals surface area contributed by atoms with E-state index in [1.54, 1.807) is 12.1 Å². The number of hydrogen-bond donors (Lipinski definition) is 1. The molecule has 0 amide bonds. The van der Waals surface area contributed by atoms with E-state index in [9.17, 15) is 5.11 Å². The molecule has 0 aliphatic heterocycles. The third-order valence-corrected chi connectivity index (χ3v) is 2.47. The number of fused-ring (bicyclic) bond motifs is 1. The normalized spacial score (nSPS) is 9.81. The van der Waals surface area contributed by atoms with E-state index in [1.165, 1.54) is 0 Å². The Labute approximate surface area is 99.7 Å². The average molecular weight is 231 g/mol. The fraction of sp³-hybridized carbons (Fsp3) is 0.143. The van der Waals surface area contributed by atoms with Crippen molar-refractivity contribution in [3.63, 3.8) is 0 Å². The quantitative estimate of drug-likeness (QED) is 0.587. The predicted molar refractivity (Wildman–Crippen MR) is 67.8 cm³/mol. The van der Waals surface area contributed by atoms with Crippen LogP contribution in [0.4, 0.5) is 0 Å². The molecule has 2 aromatic rings. The van der Waals surface area contributed by atoms with Crippen LogP contribution in [0.5, 0.6) is 5.75 Å². The van der Waals surface area contributed by atoms with Crippen LogP contribution >= 0.6 is 11.6 Å². The maximum absolute atomic E-state index is 9.33. The van der Waals surface area contributed by atoms with Gasteiger partial charge < -0.3 is 5.11 Å². The van der Waals surface area contributed by atoms with Crippen LogP contribution in [-0.4, -0.2) is 11.0 Å². The van der Waals surface area contributed by atoms with Crippen molar-refractivity contribution in [1.29, 1.82) is 0 Å². The summed E-state index contributed by atoms with van der Waals surface area (Å²) in [6, 6.07) is 11.2. The van der Waals surface area contributed by atoms with E-state index in [0.717, 1.165) is 16.3 Å². The lowest BCUT2D eigenvalue weighted by Gasteiger charge is -1.99. The van der Waals surface area contributed by atoms with E-state index in [2.05, 4.69) is 11.8 Å². The van der Waals surface area contributed by atoms with Gasteiger partial charge in [0, 0.05) is 17.9 Å². The third-order valence-electron chi connectivity index (χ3n) is 2.28. The zero-order chi connectivity index (χ0) is 11.4. The predicted octanol–water partition coefficient (Wildman–Crippen LogP) is 3.53. The summed E-state index contributed by atoms with van der Waals surface area (Å²) in [5.41, 5.74) is 0.975. The average Bonchev–Trinajstić information content (AvgIpc) is 2.29. The highest BCUT2D eigenvalue weighted by Crippen LogP contribution is 2.20. The zero-order valence-electron chi connectivity index (χ0n) is 8.70. The molecule has 2 aromatic carbocycles. The Morgan fingerprint density at radius 1 is 1.06 bits per heavy atom. The molecular formula is C14H11ClO. The minimum atomic E-state index is 0.286. The first-order chi connectivity index (χ1) is 7.79. The van der Waals surface area contributed by atoms with Gasteiger partial charge in [-0.15, -0.1) is 11.6 Å². The van der Waals surface area contributed by atoms with E-state index < -0.39 is 0 Å². The number of benzene rings is 2. The number of aromatic hydroxyl groups is 1. The van der Waals surface area contributed by atoms with Gasteiger partial charge in [-0.3, -0.25) is 0 Å². The molecule has 0 saturated carbocycles. The monoisotopic (exact) mass is 230 g/mol. The van der Waals surface area contributed by atoms with Crippen LogP contribution in [-0.2, 0) is 0 Å². The molecule has 0 aromatic heterocycles. The molecule has 0 aliphatic rings. The minimum Gasteiger partial charge on any atom is -0.508 e. The van der Waals surface area contributed by atoms with Gasteiger partial charge in [0.2, 0.25) is 0 Å². The summed E-state index contributed by atoms with van der Waals surface area (Å²) in [6.07, 6.45) is 0.704. The lowest BCUT2D eigenvalue weighted by molar-refractivity contribution is 0.476. The smallest absolute Gasteiger partial charge is 0.116 e. The second kappa shape index (κ2) is 4.92. The lowest BCUT2D eigenvalue weighted by atomic mass is 10.1. The second-order valence-electron chi connectivity index (χ2n) is 3.49. The standard InChI is InChI=1S/C14H11ClO/c15-8-2-1-3-11-4-5-13-10-14(16)7-6-12(13)9-11/h4-7,9-10,16H,2,8H2. The molecule has 2 rings (SSSR count). The minimum absolute atomic E-state index is 0.286. The molecule has 1 N–H and O–H groups in total. The van der Waals surface area contributed by atoms with Gasteiger partial charge in [-0.05, 0) is 35.0 Å². The Hall–Kier alpha value is -1.65. The van der Waals surface area contributed by atoms with Crippen molar-refractivity contribution in [3.8, 4) is 17.6 Å². The number of hydrogen-bond acceptors (Lipinski definition) is 1. The van der Waals surface area contributed by atoms with E-state index >= 15 is 0 Å². The van der Waals surface area contributed by atoms with Crippen LogP contribution in [0.3, 0.4) is 0 Å². The highest BCUT2D eigenvalue weighted by Gasteiger charge is 1.95. The molecule has 0 saturated heterocycles. The SMILES string of the molecule is Oc1ccc2cc(C#CCCCl)ccc2c1. The van der Waals surface area contributed by atoms with Gasteiger partial charge in [0.25, 0.3) is 0 Å². The largest absolute Gasteiger partial charge is 0.508 e. The number of alkyl halides is 1. The third kappa shape index (κ3) is 2.48. The topological polar surface area (TPSA) is 20.2 Å². The van der Waals surface area contributed by atoms with Crippen molar-refractivity contribution in [1.82, 2.24) is 0 Å². The van der Waals surface area contributed by atoms with Gasteiger partial charge >= 0.3 is 0 Å². The molecule has 0 bridgehead atoms. The maximum atomic E-state index is 9.33. The number of rotatable bonds is 1. The molecular weight excluding hydrogens is 220 g/mol. The highest BCUT2D eigenvalue weighted by molar-refractivity contribution is 6.18. The summed E-state index contributed by atoms with van der Waals surface area (Å²) < 4.78 is 0. The molecule has 0 fully saturated rings. The van der Waals surface area contributed by atoms with Crippen LogP contribution in [0, 0.1) is 11.8 Å².